The highest BCUT2D eigenvalue weighted by atomic mass is 14.3. The quantitative estimate of drug-likeness (QED) is 0.497. The van der Waals surface area contributed by atoms with Crippen LogP contribution in [0.3, 0.4) is 0 Å². The van der Waals surface area contributed by atoms with Gasteiger partial charge in [-0.1, -0.05) is 26.0 Å². The van der Waals surface area contributed by atoms with Crippen LogP contribution in [0, 0.1) is 23.2 Å². The number of rotatable bonds is 0. The Morgan fingerprint density at radius 1 is 1.40 bits per heavy atom. The average molecular weight is 133 g/mol. The number of hydrogen-bond acceptors (Lipinski definition) is 1. The third-order valence-corrected chi connectivity index (χ3v) is 1.98. The number of nitriles is 1. The SMILES string of the molecule is CC1C=CC(C#N)=CC1C. The smallest absolute Gasteiger partial charge is 0.0988 e. The van der Waals surface area contributed by atoms with E-state index in [9.17, 15) is 0 Å². The fraction of sp³-hybridized carbons (Fsp3) is 0.444. The van der Waals surface area contributed by atoms with Gasteiger partial charge in [0.25, 0.3) is 0 Å². The maximum absolute atomic E-state index is 8.53. The topological polar surface area (TPSA) is 23.8 Å². The first-order valence-electron chi connectivity index (χ1n) is 3.54. The van der Waals surface area contributed by atoms with Crippen molar-refractivity contribution in [3.63, 3.8) is 0 Å². The van der Waals surface area contributed by atoms with Crippen molar-refractivity contribution < 1.29 is 0 Å². The van der Waals surface area contributed by atoms with Crippen molar-refractivity contribution in [1.29, 1.82) is 5.26 Å². The summed E-state index contributed by atoms with van der Waals surface area (Å²) in [5.41, 5.74) is 0.797. The minimum absolute atomic E-state index is 0.514. The second-order valence-corrected chi connectivity index (χ2v) is 2.81. The highest BCUT2D eigenvalue weighted by molar-refractivity contribution is 5.36. The van der Waals surface area contributed by atoms with Crippen LogP contribution in [0.2, 0.25) is 0 Å². The summed E-state index contributed by atoms with van der Waals surface area (Å²) in [4.78, 5) is 0. The maximum atomic E-state index is 8.53. The van der Waals surface area contributed by atoms with Gasteiger partial charge in [0.1, 0.15) is 0 Å². The molecule has 0 radical (unpaired) electrons. The monoisotopic (exact) mass is 133 g/mol. The molecule has 0 fully saturated rings. The molecule has 0 heterocycles. The largest absolute Gasteiger partial charge is 0.192 e. The number of hydrogen-bond donors (Lipinski definition) is 0. The van der Waals surface area contributed by atoms with Gasteiger partial charge in [-0.05, 0) is 17.9 Å². The van der Waals surface area contributed by atoms with Gasteiger partial charge in [-0.3, -0.25) is 0 Å². The normalized spacial score (nSPS) is 31.1. The fourth-order valence-electron chi connectivity index (χ4n) is 0.996. The van der Waals surface area contributed by atoms with Crippen molar-refractivity contribution in [3.8, 4) is 6.07 Å². The van der Waals surface area contributed by atoms with E-state index in [2.05, 4.69) is 26.0 Å². The van der Waals surface area contributed by atoms with Crippen LogP contribution in [0.5, 0.6) is 0 Å². The molecule has 2 atom stereocenters. The fourth-order valence-corrected chi connectivity index (χ4v) is 0.996. The molecule has 1 heteroatoms. The molecule has 2 unspecified atom stereocenters. The van der Waals surface area contributed by atoms with Gasteiger partial charge < -0.3 is 0 Å². The lowest BCUT2D eigenvalue weighted by atomic mass is 9.89. The van der Waals surface area contributed by atoms with Crippen LogP contribution in [0.4, 0.5) is 0 Å². The van der Waals surface area contributed by atoms with Crippen LogP contribution in [0.25, 0.3) is 0 Å². The van der Waals surface area contributed by atoms with Crippen LogP contribution in [-0.2, 0) is 0 Å². The first-order chi connectivity index (χ1) is 4.74. The van der Waals surface area contributed by atoms with Crippen molar-refractivity contribution in [2.24, 2.45) is 11.8 Å². The Hall–Kier alpha value is -1.03. The summed E-state index contributed by atoms with van der Waals surface area (Å²) < 4.78 is 0. The molecule has 1 aliphatic rings. The van der Waals surface area contributed by atoms with Gasteiger partial charge in [0.05, 0.1) is 6.07 Å². The molecule has 0 aliphatic heterocycles. The van der Waals surface area contributed by atoms with E-state index in [0.717, 1.165) is 5.57 Å². The lowest BCUT2D eigenvalue weighted by molar-refractivity contribution is 0.550. The highest BCUT2D eigenvalue weighted by Crippen LogP contribution is 2.21. The summed E-state index contributed by atoms with van der Waals surface area (Å²) in [6, 6.07) is 2.13. The lowest BCUT2D eigenvalue weighted by Gasteiger charge is -2.15. The average Bonchev–Trinajstić information content (AvgIpc) is 1.95. The van der Waals surface area contributed by atoms with Crippen molar-refractivity contribution >= 4 is 0 Å². The third-order valence-electron chi connectivity index (χ3n) is 1.98. The Bertz CT molecular complexity index is 217. The molecule has 52 valence electrons. The van der Waals surface area contributed by atoms with Gasteiger partial charge in [-0.25, -0.2) is 0 Å². The second-order valence-electron chi connectivity index (χ2n) is 2.81. The van der Waals surface area contributed by atoms with Gasteiger partial charge in [0.2, 0.25) is 0 Å². The van der Waals surface area contributed by atoms with Crippen LogP contribution in [-0.4, -0.2) is 0 Å². The molecule has 0 aromatic heterocycles. The Labute approximate surface area is 61.7 Å². The third kappa shape index (κ3) is 1.27. The van der Waals surface area contributed by atoms with Gasteiger partial charge in [0.15, 0.2) is 0 Å². The molecule has 1 aliphatic carbocycles. The number of allylic oxidation sites excluding steroid dienone is 4. The molecule has 0 aromatic carbocycles. The van der Waals surface area contributed by atoms with Crippen LogP contribution in [0.15, 0.2) is 23.8 Å². The zero-order chi connectivity index (χ0) is 7.56. The van der Waals surface area contributed by atoms with E-state index in [4.69, 9.17) is 5.26 Å². The molecule has 0 spiro atoms. The standard InChI is InChI=1S/C9H11N/c1-7-3-4-9(6-10)5-8(7)2/h3-5,7-8H,1-2H3. The second kappa shape index (κ2) is 2.70. The van der Waals surface area contributed by atoms with Crippen LogP contribution < -0.4 is 0 Å². The van der Waals surface area contributed by atoms with Gasteiger partial charge in [0, 0.05) is 5.57 Å². The zero-order valence-electron chi connectivity index (χ0n) is 6.33. The maximum Gasteiger partial charge on any atom is 0.0988 e. The Morgan fingerprint density at radius 2 is 2.10 bits per heavy atom. The molecular formula is C9H11N. The van der Waals surface area contributed by atoms with Crippen molar-refractivity contribution in [3.05, 3.63) is 23.8 Å². The van der Waals surface area contributed by atoms with Crippen molar-refractivity contribution in [2.75, 3.05) is 0 Å². The van der Waals surface area contributed by atoms with Crippen LogP contribution in [0.1, 0.15) is 13.8 Å². The molecule has 1 rings (SSSR count). The minimum Gasteiger partial charge on any atom is -0.192 e. The van der Waals surface area contributed by atoms with E-state index < -0.39 is 0 Å². The van der Waals surface area contributed by atoms with Gasteiger partial charge in [-0.2, -0.15) is 5.26 Å². The minimum atomic E-state index is 0.514. The van der Waals surface area contributed by atoms with E-state index in [1.54, 1.807) is 0 Å². The summed E-state index contributed by atoms with van der Waals surface area (Å²) in [6.45, 7) is 4.29. The Kier molecular flexibility index (Phi) is 1.91. The summed E-state index contributed by atoms with van der Waals surface area (Å²) in [7, 11) is 0. The Balaban J connectivity index is 2.78. The molecule has 0 N–H and O–H groups in total. The molecule has 0 amide bonds. The van der Waals surface area contributed by atoms with E-state index in [0.29, 0.717) is 11.8 Å². The van der Waals surface area contributed by atoms with E-state index in [1.165, 1.54) is 0 Å². The predicted octanol–water partition coefficient (Wildman–Crippen LogP) is 2.28. The van der Waals surface area contributed by atoms with E-state index >= 15 is 0 Å². The van der Waals surface area contributed by atoms with E-state index in [1.807, 2.05) is 12.2 Å². The summed E-state index contributed by atoms with van der Waals surface area (Å²) in [6.07, 6.45) is 6.00. The first kappa shape index (κ1) is 7.08. The zero-order valence-corrected chi connectivity index (χ0v) is 6.33. The molecule has 0 saturated carbocycles. The van der Waals surface area contributed by atoms with E-state index in [-0.39, 0.29) is 0 Å². The summed E-state index contributed by atoms with van der Waals surface area (Å²) in [5.74, 6) is 1.09. The van der Waals surface area contributed by atoms with Crippen molar-refractivity contribution in [1.82, 2.24) is 0 Å². The lowest BCUT2D eigenvalue weighted by Crippen LogP contribution is -2.05. The molecule has 10 heavy (non-hydrogen) atoms. The predicted molar refractivity (Wildman–Crippen MR) is 41.2 cm³/mol. The summed E-state index contributed by atoms with van der Waals surface area (Å²) in [5, 5.41) is 8.53. The summed E-state index contributed by atoms with van der Waals surface area (Å²) >= 11 is 0. The number of nitrogens with zero attached hydrogens (tertiary/aromatic N) is 1. The Morgan fingerprint density at radius 3 is 2.60 bits per heavy atom. The van der Waals surface area contributed by atoms with Gasteiger partial charge >= 0.3 is 0 Å². The van der Waals surface area contributed by atoms with Gasteiger partial charge in [-0.15, -0.1) is 0 Å². The molecule has 0 bridgehead atoms. The van der Waals surface area contributed by atoms with Crippen LogP contribution >= 0.6 is 0 Å². The highest BCUT2D eigenvalue weighted by Gasteiger charge is 2.10. The molecular weight excluding hydrogens is 122 g/mol. The molecule has 0 saturated heterocycles. The molecule has 0 aromatic rings. The first-order valence-corrected chi connectivity index (χ1v) is 3.54. The molecule has 1 nitrogen and oxygen atoms in total. The van der Waals surface area contributed by atoms with Crippen molar-refractivity contribution in [2.45, 2.75) is 13.8 Å².